The maximum atomic E-state index is 13.0. The largest absolute Gasteiger partial charge is 0.480 e. The van der Waals surface area contributed by atoms with Crippen molar-refractivity contribution in [2.45, 2.75) is 33.2 Å². The Morgan fingerprint density at radius 3 is 2.52 bits per heavy atom. The molecule has 0 saturated carbocycles. The van der Waals surface area contributed by atoms with E-state index in [1.54, 1.807) is 26.8 Å². The van der Waals surface area contributed by atoms with Crippen molar-refractivity contribution in [3.05, 3.63) is 35.1 Å². The highest BCUT2D eigenvalue weighted by Crippen LogP contribution is 2.10. The number of hydrogen-bond donors (Lipinski definition) is 3. The molecule has 0 radical (unpaired) electrons. The van der Waals surface area contributed by atoms with Gasteiger partial charge in [-0.3, -0.25) is 0 Å². The Balaban J connectivity index is 2.44. The van der Waals surface area contributed by atoms with Crippen molar-refractivity contribution in [3.8, 4) is 0 Å². The zero-order chi connectivity index (χ0) is 16.0. The number of benzene rings is 1. The molecule has 0 heterocycles. The van der Waals surface area contributed by atoms with E-state index in [0.29, 0.717) is 13.0 Å². The molecule has 116 valence electrons. The first kappa shape index (κ1) is 16.9. The van der Waals surface area contributed by atoms with Gasteiger partial charge in [0.15, 0.2) is 0 Å². The highest BCUT2D eigenvalue weighted by molar-refractivity contribution is 5.82. The Hall–Kier alpha value is -2.11. The summed E-state index contributed by atoms with van der Waals surface area (Å²) >= 11 is 0. The number of carbonyl (C=O) groups excluding carboxylic acids is 1. The van der Waals surface area contributed by atoms with Crippen molar-refractivity contribution in [2.24, 2.45) is 5.92 Å². The maximum Gasteiger partial charge on any atom is 0.326 e. The smallest absolute Gasteiger partial charge is 0.326 e. The summed E-state index contributed by atoms with van der Waals surface area (Å²) in [6.07, 6.45) is 0.555. The normalized spacial score (nSPS) is 12.0. The van der Waals surface area contributed by atoms with Gasteiger partial charge >= 0.3 is 12.0 Å². The monoisotopic (exact) mass is 296 g/mol. The van der Waals surface area contributed by atoms with Crippen molar-refractivity contribution in [1.82, 2.24) is 10.6 Å². The van der Waals surface area contributed by atoms with E-state index >= 15 is 0 Å². The molecule has 5 nitrogen and oxygen atoms in total. The van der Waals surface area contributed by atoms with Crippen molar-refractivity contribution in [2.75, 3.05) is 6.54 Å². The molecular formula is C15H21FN2O3. The second-order valence-electron chi connectivity index (χ2n) is 5.28. The van der Waals surface area contributed by atoms with Gasteiger partial charge in [0.05, 0.1) is 0 Å². The molecule has 2 amide bonds. The first-order valence-corrected chi connectivity index (χ1v) is 6.83. The van der Waals surface area contributed by atoms with Crippen LogP contribution in [0, 0.1) is 18.7 Å². The molecule has 0 aliphatic rings. The SMILES string of the molecule is Cc1cc(F)ccc1CCNC(=O)N[C@@H](C(=O)O)C(C)C. The number of rotatable bonds is 6. The van der Waals surface area contributed by atoms with Crippen LogP contribution in [0.15, 0.2) is 18.2 Å². The van der Waals surface area contributed by atoms with Gasteiger partial charge < -0.3 is 15.7 Å². The minimum absolute atomic E-state index is 0.201. The van der Waals surface area contributed by atoms with Crippen LogP contribution >= 0.6 is 0 Å². The lowest BCUT2D eigenvalue weighted by Gasteiger charge is -2.18. The van der Waals surface area contributed by atoms with Crippen LogP contribution in [-0.2, 0) is 11.2 Å². The second-order valence-corrected chi connectivity index (χ2v) is 5.28. The van der Waals surface area contributed by atoms with Gasteiger partial charge in [0.25, 0.3) is 0 Å². The lowest BCUT2D eigenvalue weighted by molar-refractivity contribution is -0.140. The van der Waals surface area contributed by atoms with E-state index in [1.165, 1.54) is 12.1 Å². The van der Waals surface area contributed by atoms with Gasteiger partial charge in [0.2, 0.25) is 0 Å². The number of nitrogens with one attached hydrogen (secondary N) is 2. The number of carboxylic acid groups (broad SMARTS) is 1. The summed E-state index contributed by atoms with van der Waals surface area (Å²) in [5.41, 5.74) is 1.76. The van der Waals surface area contributed by atoms with Crippen LogP contribution in [0.25, 0.3) is 0 Å². The molecule has 0 unspecified atom stereocenters. The van der Waals surface area contributed by atoms with Crippen LogP contribution in [0.1, 0.15) is 25.0 Å². The average molecular weight is 296 g/mol. The summed E-state index contributed by atoms with van der Waals surface area (Å²) < 4.78 is 13.0. The number of halogens is 1. The van der Waals surface area contributed by atoms with Crippen LogP contribution in [0.3, 0.4) is 0 Å². The van der Waals surface area contributed by atoms with Crippen molar-refractivity contribution >= 4 is 12.0 Å². The third-order valence-electron chi connectivity index (χ3n) is 3.20. The zero-order valence-electron chi connectivity index (χ0n) is 12.4. The predicted molar refractivity (Wildman–Crippen MR) is 77.6 cm³/mol. The first-order chi connectivity index (χ1) is 9.81. The minimum atomic E-state index is -1.06. The molecule has 0 saturated heterocycles. The Kier molecular flexibility index (Phi) is 6.14. The van der Waals surface area contributed by atoms with Gasteiger partial charge in [-0.2, -0.15) is 0 Å². The molecule has 0 bridgehead atoms. The summed E-state index contributed by atoms with van der Waals surface area (Å²) in [6, 6.07) is 3.06. The molecule has 1 aromatic rings. The fraction of sp³-hybridized carbons (Fsp3) is 0.467. The third-order valence-corrected chi connectivity index (χ3v) is 3.20. The molecule has 1 atom stereocenters. The third kappa shape index (κ3) is 5.41. The van der Waals surface area contributed by atoms with Gasteiger partial charge in [-0.25, -0.2) is 14.0 Å². The summed E-state index contributed by atoms with van der Waals surface area (Å²) in [5, 5.41) is 14.0. The number of carbonyl (C=O) groups is 2. The molecule has 0 aliphatic carbocycles. The topological polar surface area (TPSA) is 78.4 Å². The Bertz CT molecular complexity index is 518. The van der Waals surface area contributed by atoms with E-state index in [-0.39, 0.29) is 11.7 Å². The quantitative estimate of drug-likeness (QED) is 0.752. The van der Waals surface area contributed by atoms with Crippen LogP contribution in [0.2, 0.25) is 0 Å². The molecule has 3 N–H and O–H groups in total. The number of carboxylic acids is 1. The highest BCUT2D eigenvalue weighted by Gasteiger charge is 2.23. The Labute approximate surface area is 123 Å². The molecule has 0 fully saturated rings. The van der Waals surface area contributed by atoms with Crippen LogP contribution in [0.4, 0.5) is 9.18 Å². The van der Waals surface area contributed by atoms with Gasteiger partial charge in [-0.15, -0.1) is 0 Å². The van der Waals surface area contributed by atoms with E-state index in [0.717, 1.165) is 11.1 Å². The molecular weight excluding hydrogens is 275 g/mol. The standard InChI is InChI=1S/C15H21FN2O3/c1-9(2)13(14(19)20)18-15(21)17-7-6-11-4-5-12(16)8-10(11)3/h4-5,8-9,13H,6-7H2,1-3H3,(H,19,20)(H2,17,18,21)/t13-/m1/s1. The summed E-state index contributed by atoms with van der Waals surface area (Å²) in [6.45, 7) is 5.60. The van der Waals surface area contributed by atoms with E-state index in [4.69, 9.17) is 5.11 Å². The highest BCUT2D eigenvalue weighted by atomic mass is 19.1. The summed E-state index contributed by atoms with van der Waals surface area (Å²) in [5.74, 6) is -1.55. The van der Waals surface area contributed by atoms with Crippen molar-refractivity contribution in [1.29, 1.82) is 0 Å². The summed E-state index contributed by atoms with van der Waals surface area (Å²) in [7, 11) is 0. The zero-order valence-corrected chi connectivity index (χ0v) is 12.4. The number of hydrogen-bond acceptors (Lipinski definition) is 2. The van der Waals surface area contributed by atoms with Crippen LogP contribution in [-0.4, -0.2) is 29.7 Å². The molecule has 1 aromatic carbocycles. The van der Waals surface area contributed by atoms with Gasteiger partial charge in [-0.1, -0.05) is 19.9 Å². The predicted octanol–water partition coefficient (Wildman–Crippen LogP) is 2.09. The van der Waals surface area contributed by atoms with Crippen molar-refractivity contribution in [3.63, 3.8) is 0 Å². The fourth-order valence-electron chi connectivity index (χ4n) is 1.96. The lowest BCUT2D eigenvalue weighted by Crippen LogP contribution is -2.48. The van der Waals surface area contributed by atoms with E-state index in [9.17, 15) is 14.0 Å². The van der Waals surface area contributed by atoms with Gasteiger partial charge in [0, 0.05) is 6.54 Å². The Morgan fingerprint density at radius 2 is 2.00 bits per heavy atom. The average Bonchev–Trinajstić information content (AvgIpc) is 2.37. The molecule has 0 aromatic heterocycles. The molecule has 0 spiro atoms. The Morgan fingerprint density at radius 1 is 1.33 bits per heavy atom. The second kappa shape index (κ2) is 7.61. The maximum absolute atomic E-state index is 13.0. The number of urea groups is 1. The van der Waals surface area contributed by atoms with Crippen LogP contribution < -0.4 is 10.6 Å². The number of amides is 2. The molecule has 21 heavy (non-hydrogen) atoms. The molecule has 1 rings (SSSR count). The molecule has 0 aliphatic heterocycles. The van der Waals surface area contributed by atoms with Crippen molar-refractivity contribution < 1.29 is 19.1 Å². The van der Waals surface area contributed by atoms with E-state index < -0.39 is 18.0 Å². The number of aliphatic carboxylic acids is 1. The van der Waals surface area contributed by atoms with Gasteiger partial charge in [-0.05, 0) is 42.5 Å². The first-order valence-electron chi connectivity index (χ1n) is 6.83. The lowest BCUT2D eigenvalue weighted by atomic mass is 10.1. The fourth-order valence-corrected chi connectivity index (χ4v) is 1.96. The van der Waals surface area contributed by atoms with E-state index in [1.807, 2.05) is 0 Å². The number of aryl methyl sites for hydroxylation is 1. The molecule has 6 heteroatoms. The summed E-state index contributed by atoms with van der Waals surface area (Å²) in [4.78, 5) is 22.6. The van der Waals surface area contributed by atoms with Gasteiger partial charge in [0.1, 0.15) is 11.9 Å². The minimum Gasteiger partial charge on any atom is -0.480 e. The van der Waals surface area contributed by atoms with Crippen LogP contribution in [0.5, 0.6) is 0 Å². The van der Waals surface area contributed by atoms with E-state index in [2.05, 4.69) is 10.6 Å².